The lowest BCUT2D eigenvalue weighted by Crippen LogP contribution is -2.34. The summed E-state index contributed by atoms with van der Waals surface area (Å²) in [5.41, 5.74) is 17.1. The third kappa shape index (κ3) is 5.16. The van der Waals surface area contributed by atoms with E-state index in [1.807, 2.05) is 54.9 Å². The maximum absolute atomic E-state index is 5.99. The first kappa shape index (κ1) is 27.4. The summed E-state index contributed by atoms with van der Waals surface area (Å²) in [6.45, 7) is 2.85. The molecule has 0 atom stereocenters. The first-order valence-corrected chi connectivity index (χ1v) is 14.5. The van der Waals surface area contributed by atoms with Crippen molar-refractivity contribution in [1.29, 1.82) is 0 Å². The van der Waals surface area contributed by atoms with Gasteiger partial charge in [0.2, 0.25) is 0 Å². The van der Waals surface area contributed by atoms with Crippen LogP contribution in [-0.4, -0.2) is 53.3 Å². The maximum Gasteiger partial charge on any atom is 0.166 e. The number of nitrogens with zero attached hydrogens (tertiary/aromatic N) is 8. The van der Waals surface area contributed by atoms with E-state index in [2.05, 4.69) is 59.2 Å². The minimum Gasteiger partial charge on any atom is -0.382 e. The number of hydrazine groups is 1. The van der Waals surface area contributed by atoms with E-state index in [-0.39, 0.29) is 0 Å². The highest BCUT2D eigenvalue weighted by Gasteiger charge is 2.23. The number of amidine groups is 1. The molecule has 220 valence electrons. The lowest BCUT2D eigenvalue weighted by atomic mass is 10.0. The average Bonchev–Trinajstić information content (AvgIpc) is 3.51. The quantitative estimate of drug-likeness (QED) is 0.0979. The van der Waals surface area contributed by atoms with Crippen LogP contribution >= 0.6 is 0 Å². The van der Waals surface area contributed by atoms with Gasteiger partial charge in [0, 0.05) is 42.4 Å². The molecule has 4 heterocycles. The highest BCUT2D eigenvalue weighted by Crippen LogP contribution is 2.32. The summed E-state index contributed by atoms with van der Waals surface area (Å²) >= 11 is 0. The van der Waals surface area contributed by atoms with E-state index in [1.165, 1.54) is 11.9 Å². The number of rotatable bonds is 6. The van der Waals surface area contributed by atoms with Gasteiger partial charge in [0.1, 0.15) is 11.8 Å². The van der Waals surface area contributed by atoms with Gasteiger partial charge in [-0.2, -0.15) is 5.10 Å². The van der Waals surface area contributed by atoms with Gasteiger partial charge in [-0.15, -0.1) is 0 Å². The standard InChI is InChI=1S/C32H32N12/c33-30-29-32(37-18-36-30)44(19-38-29)24-12-14-43(15-13-24)17-20-6-8-22(9-7-20)28-27(21-4-2-1-3-5-21)40-26-16-23(31(41-34)42-35)10-11-25(26)39-28/h1-11,16,18-19,24H,12-15,17,34-35H2,(H,41,42)(H2,33,36,37). The summed E-state index contributed by atoms with van der Waals surface area (Å²) in [5, 5.41) is 3.72. The minimum atomic E-state index is 0.340. The van der Waals surface area contributed by atoms with Crippen LogP contribution in [0.5, 0.6) is 0 Å². The van der Waals surface area contributed by atoms with Gasteiger partial charge in [-0.3, -0.25) is 4.90 Å². The van der Waals surface area contributed by atoms with Crippen molar-refractivity contribution in [3.8, 4) is 22.5 Å². The van der Waals surface area contributed by atoms with Gasteiger partial charge in [0.25, 0.3) is 0 Å². The van der Waals surface area contributed by atoms with Crippen LogP contribution < -0.4 is 22.8 Å². The van der Waals surface area contributed by atoms with Crippen molar-refractivity contribution in [2.45, 2.75) is 25.4 Å². The van der Waals surface area contributed by atoms with Gasteiger partial charge < -0.3 is 21.6 Å². The van der Waals surface area contributed by atoms with E-state index in [9.17, 15) is 0 Å². The zero-order valence-electron chi connectivity index (χ0n) is 24.0. The summed E-state index contributed by atoms with van der Waals surface area (Å²) < 4.78 is 2.15. The fourth-order valence-electron chi connectivity index (χ4n) is 5.91. The Morgan fingerprint density at radius 1 is 0.864 bits per heavy atom. The first-order valence-electron chi connectivity index (χ1n) is 14.5. The third-order valence-electron chi connectivity index (χ3n) is 8.22. The number of benzene rings is 3. The number of aromatic nitrogens is 6. The Labute approximate surface area is 253 Å². The Hall–Kier alpha value is -5.46. The summed E-state index contributed by atoms with van der Waals surface area (Å²) in [6.07, 6.45) is 5.38. The number of hydrogen-bond acceptors (Lipinski definition) is 10. The molecule has 0 saturated carbocycles. The second-order valence-electron chi connectivity index (χ2n) is 10.9. The highest BCUT2D eigenvalue weighted by atomic mass is 15.3. The second kappa shape index (κ2) is 11.7. The Bertz CT molecular complexity index is 1960. The molecule has 1 fully saturated rings. The fourth-order valence-corrected chi connectivity index (χ4v) is 5.91. The molecule has 44 heavy (non-hydrogen) atoms. The SMILES string of the molecule is N/N=C(\NN)c1ccc2nc(-c3ccc(CN4CCC(n5cnc6c(N)ncnc65)CC4)cc3)c(-c3ccccc3)nc2c1. The van der Waals surface area contributed by atoms with Crippen LogP contribution in [0.4, 0.5) is 5.82 Å². The molecule has 0 amide bonds. The van der Waals surface area contributed by atoms with Crippen molar-refractivity contribution in [1.82, 2.24) is 39.8 Å². The molecular weight excluding hydrogens is 552 g/mol. The highest BCUT2D eigenvalue weighted by molar-refractivity contribution is 6.01. The molecule has 1 saturated heterocycles. The van der Waals surface area contributed by atoms with E-state index in [0.29, 0.717) is 23.2 Å². The van der Waals surface area contributed by atoms with Gasteiger partial charge in [0.15, 0.2) is 17.3 Å². The van der Waals surface area contributed by atoms with Gasteiger partial charge in [-0.05, 0) is 36.6 Å². The van der Waals surface area contributed by atoms with Gasteiger partial charge in [-0.25, -0.2) is 30.8 Å². The number of piperidine rings is 1. The summed E-state index contributed by atoms with van der Waals surface area (Å²) in [5.74, 6) is 11.9. The van der Waals surface area contributed by atoms with Crippen LogP contribution in [0.15, 0.2) is 90.6 Å². The Balaban J connectivity index is 1.11. The number of hydrazone groups is 1. The van der Waals surface area contributed by atoms with Crippen molar-refractivity contribution in [2.24, 2.45) is 16.8 Å². The van der Waals surface area contributed by atoms with Crippen molar-refractivity contribution in [3.63, 3.8) is 0 Å². The van der Waals surface area contributed by atoms with E-state index < -0.39 is 0 Å². The van der Waals surface area contributed by atoms with Gasteiger partial charge >= 0.3 is 0 Å². The zero-order valence-corrected chi connectivity index (χ0v) is 24.0. The number of fused-ring (bicyclic) bond motifs is 2. The lowest BCUT2D eigenvalue weighted by molar-refractivity contribution is 0.181. The molecule has 1 aliphatic rings. The number of nitrogen functional groups attached to an aromatic ring is 1. The number of nitrogens with one attached hydrogen (secondary N) is 1. The molecule has 0 spiro atoms. The molecule has 0 bridgehead atoms. The Morgan fingerprint density at radius 2 is 1.59 bits per heavy atom. The van der Waals surface area contributed by atoms with Gasteiger partial charge in [0.05, 0.1) is 28.7 Å². The summed E-state index contributed by atoms with van der Waals surface area (Å²) in [4.78, 5) is 25.5. The normalized spacial score (nSPS) is 14.8. The molecule has 12 heteroatoms. The number of nitrogens with two attached hydrogens (primary N) is 3. The van der Waals surface area contributed by atoms with Crippen molar-refractivity contribution in [3.05, 3.63) is 96.6 Å². The number of anilines is 1. The van der Waals surface area contributed by atoms with E-state index in [0.717, 1.165) is 77.2 Å². The van der Waals surface area contributed by atoms with Crippen molar-refractivity contribution < 1.29 is 0 Å². The van der Waals surface area contributed by atoms with Crippen molar-refractivity contribution >= 4 is 33.9 Å². The summed E-state index contributed by atoms with van der Waals surface area (Å²) in [7, 11) is 0. The minimum absolute atomic E-state index is 0.340. The number of imidazole rings is 1. The number of likely N-dealkylation sites (tertiary alicyclic amines) is 1. The van der Waals surface area contributed by atoms with Crippen LogP contribution in [0.3, 0.4) is 0 Å². The summed E-state index contributed by atoms with van der Waals surface area (Å²) in [6, 6.07) is 24.7. The largest absolute Gasteiger partial charge is 0.382 e. The molecule has 7 rings (SSSR count). The molecule has 0 unspecified atom stereocenters. The molecule has 7 N–H and O–H groups in total. The second-order valence-corrected chi connectivity index (χ2v) is 10.9. The Kier molecular flexibility index (Phi) is 7.26. The maximum atomic E-state index is 5.99. The Morgan fingerprint density at radius 3 is 2.32 bits per heavy atom. The molecule has 0 aliphatic carbocycles. The van der Waals surface area contributed by atoms with Gasteiger partial charge in [-0.1, -0.05) is 54.6 Å². The van der Waals surface area contributed by atoms with Crippen LogP contribution in [0.1, 0.15) is 30.0 Å². The van der Waals surface area contributed by atoms with E-state index >= 15 is 0 Å². The van der Waals surface area contributed by atoms with Crippen LogP contribution in [0.2, 0.25) is 0 Å². The molecular formula is C32H32N12. The fraction of sp³-hybridized carbons (Fsp3) is 0.188. The molecule has 3 aromatic heterocycles. The molecule has 3 aromatic carbocycles. The molecule has 0 radical (unpaired) electrons. The average molecular weight is 585 g/mol. The first-order chi connectivity index (χ1) is 21.6. The number of hydrogen-bond donors (Lipinski definition) is 4. The monoisotopic (exact) mass is 584 g/mol. The third-order valence-corrected chi connectivity index (χ3v) is 8.22. The molecule has 1 aliphatic heterocycles. The van der Waals surface area contributed by atoms with Crippen LogP contribution in [0, 0.1) is 0 Å². The predicted octanol–water partition coefficient (Wildman–Crippen LogP) is 3.61. The lowest BCUT2D eigenvalue weighted by Gasteiger charge is -2.32. The zero-order chi connectivity index (χ0) is 30.0. The van der Waals surface area contributed by atoms with E-state index in [4.69, 9.17) is 27.4 Å². The predicted molar refractivity (Wildman–Crippen MR) is 172 cm³/mol. The molecule has 12 nitrogen and oxygen atoms in total. The smallest absolute Gasteiger partial charge is 0.166 e. The van der Waals surface area contributed by atoms with Crippen LogP contribution in [-0.2, 0) is 6.54 Å². The van der Waals surface area contributed by atoms with Crippen LogP contribution in [0.25, 0.3) is 44.7 Å². The van der Waals surface area contributed by atoms with E-state index in [1.54, 1.807) is 0 Å². The molecule has 6 aromatic rings. The van der Waals surface area contributed by atoms with Crippen molar-refractivity contribution in [2.75, 3.05) is 18.8 Å². The topological polar surface area (TPSA) is 175 Å².